The molecule has 1 aliphatic heterocycles. The van der Waals surface area contributed by atoms with E-state index in [4.69, 9.17) is 0 Å². The van der Waals surface area contributed by atoms with Gasteiger partial charge < -0.3 is 15.5 Å². The molecule has 1 unspecified atom stereocenters. The van der Waals surface area contributed by atoms with Gasteiger partial charge in [-0.3, -0.25) is 14.4 Å². The Hall–Kier alpha value is -3.22. The van der Waals surface area contributed by atoms with Crippen LogP contribution in [0.5, 0.6) is 0 Å². The highest BCUT2D eigenvalue weighted by molar-refractivity contribution is 6.05. The lowest BCUT2D eigenvalue weighted by Gasteiger charge is -2.24. The molecule has 1 heterocycles. The number of fused-ring (bicyclic) bond motifs is 1. The Morgan fingerprint density at radius 1 is 1.03 bits per heavy atom. The van der Waals surface area contributed by atoms with Crippen LogP contribution in [0.2, 0.25) is 0 Å². The second-order valence-corrected chi connectivity index (χ2v) is 8.72. The fraction of sp³-hybridized carbons (Fsp3) is 0.375. The third kappa shape index (κ3) is 3.69. The molecular formula is C24H24FN3O3. The predicted molar refractivity (Wildman–Crippen MR) is 112 cm³/mol. The molecule has 5 rings (SSSR count). The Balaban J connectivity index is 1.19. The van der Waals surface area contributed by atoms with Crippen molar-refractivity contribution in [2.24, 2.45) is 0 Å². The first-order valence-corrected chi connectivity index (χ1v) is 10.7. The Labute approximate surface area is 179 Å². The molecule has 160 valence electrons. The molecule has 2 aliphatic carbocycles. The van der Waals surface area contributed by atoms with E-state index in [1.165, 1.54) is 12.1 Å². The fourth-order valence-electron chi connectivity index (χ4n) is 4.45. The van der Waals surface area contributed by atoms with E-state index in [1.807, 2.05) is 6.07 Å². The van der Waals surface area contributed by atoms with Gasteiger partial charge in [-0.15, -0.1) is 0 Å². The first-order valence-electron chi connectivity index (χ1n) is 10.7. The lowest BCUT2D eigenvalue weighted by atomic mass is 9.96. The lowest BCUT2D eigenvalue weighted by molar-refractivity contribution is -0.129. The maximum absolute atomic E-state index is 13.2. The van der Waals surface area contributed by atoms with Gasteiger partial charge in [-0.1, -0.05) is 30.3 Å². The minimum Gasteiger partial charge on any atom is -0.354 e. The first kappa shape index (κ1) is 19.7. The Morgan fingerprint density at radius 2 is 1.74 bits per heavy atom. The number of halogens is 1. The SMILES string of the molecule is O=C(CNC(=O)C1c2ccccc2C(=O)N1C1CC1)NCC1(c2ccc(F)cc2)CC1. The van der Waals surface area contributed by atoms with E-state index in [9.17, 15) is 18.8 Å². The Kier molecular flexibility index (Phi) is 4.76. The maximum atomic E-state index is 13.2. The molecule has 3 amide bonds. The third-order valence-corrected chi connectivity index (χ3v) is 6.54. The van der Waals surface area contributed by atoms with Crippen molar-refractivity contribution < 1.29 is 18.8 Å². The van der Waals surface area contributed by atoms with Crippen LogP contribution >= 0.6 is 0 Å². The van der Waals surface area contributed by atoms with Crippen molar-refractivity contribution in [1.82, 2.24) is 15.5 Å². The summed E-state index contributed by atoms with van der Waals surface area (Å²) in [6.45, 7) is 0.302. The van der Waals surface area contributed by atoms with Crippen molar-refractivity contribution in [3.63, 3.8) is 0 Å². The molecule has 1 atom stereocenters. The summed E-state index contributed by atoms with van der Waals surface area (Å²) >= 11 is 0. The zero-order valence-corrected chi connectivity index (χ0v) is 17.1. The van der Waals surface area contributed by atoms with Crippen molar-refractivity contribution in [2.45, 2.75) is 43.2 Å². The molecule has 0 bridgehead atoms. The van der Waals surface area contributed by atoms with E-state index in [0.29, 0.717) is 17.7 Å². The minimum absolute atomic E-state index is 0.0925. The number of carbonyl (C=O) groups excluding carboxylic acids is 3. The summed E-state index contributed by atoms with van der Waals surface area (Å²) in [5.41, 5.74) is 2.13. The van der Waals surface area contributed by atoms with E-state index in [1.54, 1.807) is 35.2 Å². The molecule has 0 radical (unpaired) electrons. The van der Waals surface area contributed by atoms with E-state index in [2.05, 4.69) is 10.6 Å². The van der Waals surface area contributed by atoms with E-state index < -0.39 is 6.04 Å². The highest BCUT2D eigenvalue weighted by Gasteiger charge is 2.48. The smallest absolute Gasteiger partial charge is 0.255 e. The number of benzene rings is 2. The van der Waals surface area contributed by atoms with Crippen LogP contribution in [-0.4, -0.2) is 41.8 Å². The zero-order chi connectivity index (χ0) is 21.6. The molecule has 2 fully saturated rings. The van der Waals surface area contributed by atoms with E-state index in [0.717, 1.165) is 31.2 Å². The minimum atomic E-state index is -0.682. The fourth-order valence-corrected chi connectivity index (χ4v) is 4.45. The van der Waals surface area contributed by atoms with Crippen LogP contribution in [0.15, 0.2) is 48.5 Å². The highest BCUT2D eigenvalue weighted by Crippen LogP contribution is 2.47. The molecule has 6 nitrogen and oxygen atoms in total. The van der Waals surface area contributed by atoms with Crippen LogP contribution in [0.1, 0.15) is 53.2 Å². The highest BCUT2D eigenvalue weighted by atomic mass is 19.1. The number of carbonyl (C=O) groups is 3. The normalized spacial score (nSPS) is 20.9. The molecule has 0 spiro atoms. The monoisotopic (exact) mass is 421 g/mol. The molecule has 0 aromatic heterocycles. The van der Waals surface area contributed by atoms with Gasteiger partial charge in [-0.2, -0.15) is 0 Å². The van der Waals surface area contributed by atoms with Gasteiger partial charge in [0.2, 0.25) is 11.8 Å². The van der Waals surface area contributed by atoms with Gasteiger partial charge in [0.25, 0.3) is 5.91 Å². The molecule has 2 aromatic rings. The van der Waals surface area contributed by atoms with Crippen LogP contribution in [-0.2, 0) is 15.0 Å². The van der Waals surface area contributed by atoms with Gasteiger partial charge in [-0.25, -0.2) is 4.39 Å². The van der Waals surface area contributed by atoms with E-state index in [-0.39, 0.29) is 41.5 Å². The van der Waals surface area contributed by atoms with Crippen LogP contribution in [0, 0.1) is 5.82 Å². The number of rotatable bonds is 7. The zero-order valence-electron chi connectivity index (χ0n) is 17.1. The molecule has 3 aliphatic rings. The number of hydrogen-bond donors (Lipinski definition) is 2. The van der Waals surface area contributed by atoms with Crippen LogP contribution in [0.4, 0.5) is 4.39 Å². The molecule has 2 N–H and O–H groups in total. The van der Waals surface area contributed by atoms with E-state index >= 15 is 0 Å². The van der Waals surface area contributed by atoms with Gasteiger partial charge in [0, 0.05) is 23.6 Å². The summed E-state index contributed by atoms with van der Waals surface area (Å²) < 4.78 is 13.2. The average Bonchev–Trinajstić information content (AvgIpc) is 3.70. The molecule has 7 heteroatoms. The van der Waals surface area contributed by atoms with Gasteiger partial charge in [0.1, 0.15) is 11.9 Å². The summed E-state index contributed by atoms with van der Waals surface area (Å²) in [6, 6.07) is 13.0. The third-order valence-electron chi connectivity index (χ3n) is 6.54. The number of hydrogen-bond acceptors (Lipinski definition) is 3. The topological polar surface area (TPSA) is 78.5 Å². The van der Waals surface area contributed by atoms with Crippen molar-refractivity contribution in [3.8, 4) is 0 Å². The summed E-state index contributed by atoms with van der Waals surface area (Å²) in [5, 5.41) is 5.60. The molecule has 2 aromatic carbocycles. The summed E-state index contributed by atoms with van der Waals surface area (Å²) in [4.78, 5) is 39.7. The molecular weight excluding hydrogens is 397 g/mol. The largest absolute Gasteiger partial charge is 0.354 e. The van der Waals surface area contributed by atoms with Crippen molar-refractivity contribution >= 4 is 17.7 Å². The second-order valence-electron chi connectivity index (χ2n) is 8.72. The first-order chi connectivity index (χ1) is 15.0. The van der Waals surface area contributed by atoms with Crippen molar-refractivity contribution in [3.05, 3.63) is 71.0 Å². The van der Waals surface area contributed by atoms with Gasteiger partial charge >= 0.3 is 0 Å². The number of amides is 3. The Bertz CT molecular complexity index is 1040. The number of nitrogens with one attached hydrogen (secondary N) is 2. The van der Waals surface area contributed by atoms with Crippen LogP contribution < -0.4 is 10.6 Å². The van der Waals surface area contributed by atoms with Crippen molar-refractivity contribution in [2.75, 3.05) is 13.1 Å². The Morgan fingerprint density at radius 3 is 2.42 bits per heavy atom. The van der Waals surface area contributed by atoms with Gasteiger partial charge in [0.05, 0.1) is 6.54 Å². The maximum Gasteiger partial charge on any atom is 0.255 e. The lowest BCUT2D eigenvalue weighted by Crippen LogP contribution is -2.44. The second kappa shape index (κ2) is 7.48. The summed E-state index contributed by atoms with van der Waals surface area (Å²) in [7, 11) is 0. The molecule has 0 saturated heterocycles. The standard InChI is InChI=1S/C24H24FN3O3/c25-16-7-5-15(6-8-16)24(11-12-24)14-27-20(29)13-26-22(30)21-18-3-1-2-4-19(18)23(31)28(21)17-9-10-17/h1-8,17,21H,9-14H2,(H,26,30)(H,27,29). The molecule has 31 heavy (non-hydrogen) atoms. The average molecular weight is 421 g/mol. The predicted octanol–water partition coefficient (Wildman–Crippen LogP) is 2.45. The van der Waals surface area contributed by atoms with Crippen LogP contribution in [0.3, 0.4) is 0 Å². The quantitative estimate of drug-likeness (QED) is 0.721. The van der Waals surface area contributed by atoms with Gasteiger partial charge in [-0.05, 0) is 55.0 Å². The van der Waals surface area contributed by atoms with Gasteiger partial charge in [0.15, 0.2) is 0 Å². The summed E-state index contributed by atoms with van der Waals surface area (Å²) in [5.74, 6) is -1.01. The van der Waals surface area contributed by atoms with Crippen LogP contribution in [0.25, 0.3) is 0 Å². The van der Waals surface area contributed by atoms with Crippen molar-refractivity contribution in [1.29, 1.82) is 0 Å². The molecule has 2 saturated carbocycles. The number of nitrogens with zero attached hydrogens (tertiary/aromatic N) is 1. The summed E-state index contributed by atoms with van der Waals surface area (Å²) in [6.07, 6.45) is 3.66.